The van der Waals surface area contributed by atoms with Crippen LogP contribution in [-0.4, -0.2) is 24.8 Å². The molecule has 2 bridgehead atoms. The largest absolute Gasteiger partial charge is 0.459 e. The van der Waals surface area contributed by atoms with E-state index >= 15 is 0 Å². The molecule has 0 amide bonds. The van der Waals surface area contributed by atoms with E-state index in [1.54, 1.807) is 0 Å². The first kappa shape index (κ1) is 17.6. The van der Waals surface area contributed by atoms with Gasteiger partial charge in [0, 0.05) is 12.3 Å². The molecule has 4 aliphatic rings. The molecule has 3 nitrogen and oxygen atoms in total. The highest BCUT2D eigenvalue weighted by molar-refractivity contribution is 5.66. The van der Waals surface area contributed by atoms with Crippen molar-refractivity contribution < 1.29 is 14.3 Å². The molecule has 1 saturated heterocycles. The zero-order chi connectivity index (χ0) is 18.0. The molecule has 1 aliphatic heterocycles. The summed E-state index contributed by atoms with van der Waals surface area (Å²) >= 11 is 0. The highest BCUT2D eigenvalue weighted by Gasteiger charge is 2.67. The van der Waals surface area contributed by atoms with Gasteiger partial charge in [0.1, 0.15) is 6.10 Å². The summed E-state index contributed by atoms with van der Waals surface area (Å²) in [4.78, 5) is 11.7. The van der Waals surface area contributed by atoms with Gasteiger partial charge in [0.15, 0.2) is 0 Å². The Hall–Kier alpha value is -0.830. The number of ether oxygens (including phenoxy) is 2. The van der Waals surface area contributed by atoms with Crippen molar-refractivity contribution in [1.29, 1.82) is 0 Å². The Bertz CT molecular complexity index is 586. The molecule has 25 heavy (non-hydrogen) atoms. The average molecular weight is 347 g/mol. The lowest BCUT2D eigenvalue weighted by Crippen LogP contribution is -2.60. The maximum atomic E-state index is 11.7. The molecule has 1 heterocycles. The molecule has 140 valence electrons. The Morgan fingerprint density at radius 1 is 1.16 bits per heavy atom. The summed E-state index contributed by atoms with van der Waals surface area (Å²) in [6, 6.07) is 0. The zero-order valence-corrected chi connectivity index (χ0v) is 16.3. The number of hydrogen-bond acceptors (Lipinski definition) is 3. The third kappa shape index (κ3) is 2.44. The van der Waals surface area contributed by atoms with Crippen molar-refractivity contribution in [2.75, 3.05) is 6.61 Å². The normalized spacial score (nSPS) is 54.3. The topological polar surface area (TPSA) is 35.5 Å². The van der Waals surface area contributed by atoms with Gasteiger partial charge in [-0.3, -0.25) is 4.79 Å². The summed E-state index contributed by atoms with van der Waals surface area (Å²) in [7, 11) is 0. The molecule has 0 N–H and O–H groups in total. The number of fused-ring (bicyclic) bond motifs is 6. The van der Waals surface area contributed by atoms with Crippen molar-refractivity contribution in [2.45, 2.75) is 78.4 Å². The first-order valence-electron chi connectivity index (χ1n) is 10.1. The molecule has 4 rings (SSSR count). The predicted molar refractivity (Wildman–Crippen MR) is 98.0 cm³/mol. The summed E-state index contributed by atoms with van der Waals surface area (Å²) in [6.45, 7) is 13.6. The molecule has 0 radical (unpaired) electrons. The van der Waals surface area contributed by atoms with Crippen LogP contribution in [0, 0.1) is 34.0 Å². The summed E-state index contributed by atoms with van der Waals surface area (Å²) in [6.07, 6.45) is 9.69. The van der Waals surface area contributed by atoms with Gasteiger partial charge in [0.05, 0.1) is 12.7 Å². The molecule has 3 saturated carbocycles. The first-order chi connectivity index (χ1) is 11.7. The Balaban J connectivity index is 1.64. The first-order valence-corrected chi connectivity index (χ1v) is 10.1. The van der Waals surface area contributed by atoms with E-state index in [9.17, 15) is 4.79 Å². The van der Waals surface area contributed by atoms with E-state index in [2.05, 4.69) is 33.4 Å². The van der Waals surface area contributed by atoms with E-state index in [0.717, 1.165) is 24.9 Å². The third-order valence-corrected chi connectivity index (χ3v) is 8.61. The van der Waals surface area contributed by atoms with E-state index in [4.69, 9.17) is 9.47 Å². The lowest BCUT2D eigenvalue weighted by Gasteiger charge is -2.62. The van der Waals surface area contributed by atoms with Crippen LogP contribution in [0.2, 0.25) is 0 Å². The van der Waals surface area contributed by atoms with Crippen LogP contribution in [0.4, 0.5) is 0 Å². The summed E-state index contributed by atoms with van der Waals surface area (Å²) < 4.78 is 12.0. The molecule has 0 spiro atoms. The monoisotopic (exact) mass is 346 g/mol. The molecule has 0 aromatic carbocycles. The molecule has 3 aliphatic carbocycles. The highest BCUT2D eigenvalue weighted by atomic mass is 16.6. The molecule has 4 fully saturated rings. The molecular formula is C22H34O3. The van der Waals surface area contributed by atoms with E-state index in [-0.39, 0.29) is 23.6 Å². The van der Waals surface area contributed by atoms with E-state index in [1.807, 2.05) is 0 Å². The smallest absolute Gasteiger partial charge is 0.303 e. The van der Waals surface area contributed by atoms with Gasteiger partial charge in [-0.25, -0.2) is 0 Å². The minimum Gasteiger partial charge on any atom is -0.459 e. The van der Waals surface area contributed by atoms with Crippen molar-refractivity contribution in [3.63, 3.8) is 0 Å². The second kappa shape index (κ2) is 5.58. The SMILES string of the molecule is C=C[C@@]1(C)CC[C@@H]2[C@@H](CC[C@@H]3[C@]2(C)C[C@@H]2OC[C@@]3(C)[C@H]2OC(C)=O)C1. The highest BCUT2D eigenvalue weighted by Crippen LogP contribution is 2.67. The number of rotatable bonds is 2. The van der Waals surface area contributed by atoms with Crippen molar-refractivity contribution >= 4 is 5.97 Å². The van der Waals surface area contributed by atoms with Crippen molar-refractivity contribution in [2.24, 2.45) is 34.0 Å². The van der Waals surface area contributed by atoms with Crippen molar-refractivity contribution in [3.05, 3.63) is 12.7 Å². The fourth-order valence-electron chi connectivity index (χ4n) is 7.43. The van der Waals surface area contributed by atoms with Crippen LogP contribution in [0.15, 0.2) is 12.7 Å². The maximum Gasteiger partial charge on any atom is 0.303 e. The van der Waals surface area contributed by atoms with Gasteiger partial charge in [0.25, 0.3) is 0 Å². The van der Waals surface area contributed by atoms with Crippen LogP contribution < -0.4 is 0 Å². The summed E-state index contributed by atoms with van der Waals surface area (Å²) in [5.74, 6) is 2.02. The Morgan fingerprint density at radius 3 is 2.60 bits per heavy atom. The van der Waals surface area contributed by atoms with Crippen molar-refractivity contribution in [3.8, 4) is 0 Å². The number of hydrogen-bond donors (Lipinski definition) is 0. The van der Waals surface area contributed by atoms with Gasteiger partial charge in [0.2, 0.25) is 0 Å². The molecule has 0 aromatic heterocycles. The zero-order valence-electron chi connectivity index (χ0n) is 16.3. The van der Waals surface area contributed by atoms with Crippen LogP contribution >= 0.6 is 0 Å². The second-order valence-corrected chi connectivity index (χ2v) is 10.2. The van der Waals surface area contributed by atoms with E-state index in [0.29, 0.717) is 16.7 Å². The quantitative estimate of drug-likeness (QED) is 0.534. The van der Waals surface area contributed by atoms with Crippen LogP contribution in [0.3, 0.4) is 0 Å². The number of allylic oxidation sites excluding steroid dienone is 1. The summed E-state index contributed by atoms with van der Waals surface area (Å²) in [5.41, 5.74) is 0.615. The number of esters is 1. The standard InChI is InChI=1S/C22H34O3/c1-6-20(3)10-9-16-15(11-20)7-8-18-21(16,4)12-17-19(25-14(2)23)22(18,5)13-24-17/h6,15-19H,1,7-13H2,2-5H3/t15-,16+,17-,18+,19-,20-,21+,22+/m0/s1. The van der Waals surface area contributed by atoms with Gasteiger partial charge < -0.3 is 9.47 Å². The van der Waals surface area contributed by atoms with Crippen LogP contribution in [0.5, 0.6) is 0 Å². The Morgan fingerprint density at radius 2 is 1.92 bits per heavy atom. The molecule has 8 atom stereocenters. The van der Waals surface area contributed by atoms with Gasteiger partial charge in [-0.2, -0.15) is 0 Å². The molecule has 0 unspecified atom stereocenters. The molecule has 0 aromatic rings. The van der Waals surface area contributed by atoms with Gasteiger partial charge in [-0.1, -0.05) is 26.8 Å². The fourth-order valence-corrected chi connectivity index (χ4v) is 7.43. The fraction of sp³-hybridized carbons (Fsp3) is 0.864. The maximum absolute atomic E-state index is 11.7. The van der Waals surface area contributed by atoms with Crippen LogP contribution in [0.1, 0.15) is 66.2 Å². The Kier molecular flexibility index (Phi) is 3.92. The summed E-state index contributed by atoms with van der Waals surface area (Å²) in [5, 5.41) is 0. The second-order valence-electron chi connectivity index (χ2n) is 10.2. The van der Waals surface area contributed by atoms with Gasteiger partial charge in [-0.05, 0) is 67.1 Å². The lowest BCUT2D eigenvalue weighted by molar-refractivity contribution is -0.185. The predicted octanol–water partition coefficient (Wildman–Crippen LogP) is 4.75. The van der Waals surface area contributed by atoms with Crippen molar-refractivity contribution in [1.82, 2.24) is 0 Å². The Labute approximate surface area is 152 Å². The average Bonchev–Trinajstić information content (AvgIpc) is 2.77. The molecular weight excluding hydrogens is 312 g/mol. The van der Waals surface area contributed by atoms with Crippen LogP contribution in [0.25, 0.3) is 0 Å². The minimum absolute atomic E-state index is 0.0203. The van der Waals surface area contributed by atoms with Crippen LogP contribution in [-0.2, 0) is 14.3 Å². The minimum atomic E-state index is -0.163. The number of carbonyl (C=O) groups is 1. The van der Waals surface area contributed by atoms with E-state index in [1.165, 1.54) is 39.0 Å². The van der Waals surface area contributed by atoms with Gasteiger partial charge in [-0.15, -0.1) is 6.58 Å². The molecule has 3 heteroatoms. The number of carbonyl (C=O) groups excluding carboxylic acids is 1. The third-order valence-electron chi connectivity index (χ3n) is 8.61. The lowest BCUT2D eigenvalue weighted by atomic mass is 9.43. The van der Waals surface area contributed by atoms with Gasteiger partial charge >= 0.3 is 5.97 Å². The van der Waals surface area contributed by atoms with E-state index < -0.39 is 0 Å².